The summed E-state index contributed by atoms with van der Waals surface area (Å²) >= 11 is 0. The first-order valence-electron chi connectivity index (χ1n) is 7.63. The van der Waals surface area contributed by atoms with E-state index in [1.807, 2.05) is 31.2 Å². The largest absolute Gasteiger partial charge is 0.465 e. The number of esters is 1. The van der Waals surface area contributed by atoms with Crippen molar-refractivity contribution in [1.29, 1.82) is 0 Å². The molecule has 7 heteroatoms. The fourth-order valence-electron chi connectivity index (χ4n) is 2.78. The maximum atomic E-state index is 12.8. The summed E-state index contributed by atoms with van der Waals surface area (Å²) in [6.45, 7) is 1.99. The SMILES string of the molecule is COC(=O)c1cnn2c1ncc1c(=O)n(-c3ccc(C)cc3)ccc12. The standard InChI is InChI=1S/C18H14N4O3/c1-11-3-5-12(6-4-11)21-8-7-15-13(17(21)23)9-19-16-14(18(24)25-2)10-20-22(15)16/h3-10H,1-2H3. The van der Waals surface area contributed by atoms with Crippen LogP contribution in [0.15, 0.2) is 53.7 Å². The molecule has 0 amide bonds. The maximum Gasteiger partial charge on any atom is 0.343 e. The Morgan fingerprint density at radius 1 is 1.12 bits per heavy atom. The number of methoxy groups -OCH3 is 1. The first-order chi connectivity index (χ1) is 12.1. The molecular weight excluding hydrogens is 320 g/mol. The van der Waals surface area contributed by atoms with Gasteiger partial charge in [-0.15, -0.1) is 0 Å². The molecule has 0 spiro atoms. The van der Waals surface area contributed by atoms with Gasteiger partial charge in [0.25, 0.3) is 5.56 Å². The second-order valence-electron chi connectivity index (χ2n) is 5.67. The number of rotatable bonds is 2. The minimum absolute atomic E-state index is 0.203. The van der Waals surface area contributed by atoms with E-state index in [0.29, 0.717) is 16.6 Å². The number of carbonyl (C=O) groups excluding carboxylic acids is 1. The van der Waals surface area contributed by atoms with E-state index in [1.54, 1.807) is 16.8 Å². The maximum absolute atomic E-state index is 12.8. The van der Waals surface area contributed by atoms with E-state index in [0.717, 1.165) is 11.3 Å². The van der Waals surface area contributed by atoms with Crippen molar-refractivity contribution in [3.63, 3.8) is 0 Å². The molecule has 0 saturated heterocycles. The molecule has 0 bridgehead atoms. The number of benzene rings is 1. The Hall–Kier alpha value is -3.48. The number of fused-ring (bicyclic) bond motifs is 3. The second-order valence-corrected chi connectivity index (χ2v) is 5.67. The third-order valence-corrected chi connectivity index (χ3v) is 4.11. The van der Waals surface area contributed by atoms with Gasteiger partial charge in [0.05, 0.1) is 24.2 Å². The fraction of sp³-hybridized carbons (Fsp3) is 0.111. The molecule has 4 rings (SSSR count). The summed E-state index contributed by atoms with van der Waals surface area (Å²) in [5, 5.41) is 4.59. The van der Waals surface area contributed by atoms with E-state index in [9.17, 15) is 9.59 Å². The van der Waals surface area contributed by atoms with Crippen molar-refractivity contribution in [2.45, 2.75) is 6.92 Å². The molecule has 0 aliphatic rings. The average molecular weight is 334 g/mol. The second kappa shape index (κ2) is 5.55. The number of aromatic nitrogens is 4. The van der Waals surface area contributed by atoms with Crippen LogP contribution in [-0.2, 0) is 4.74 Å². The lowest BCUT2D eigenvalue weighted by Gasteiger charge is -2.08. The Kier molecular flexibility index (Phi) is 3.35. The van der Waals surface area contributed by atoms with E-state index >= 15 is 0 Å². The highest BCUT2D eigenvalue weighted by molar-refractivity contribution is 5.96. The van der Waals surface area contributed by atoms with E-state index < -0.39 is 5.97 Å². The molecule has 0 saturated carbocycles. The van der Waals surface area contributed by atoms with Crippen molar-refractivity contribution in [1.82, 2.24) is 19.2 Å². The van der Waals surface area contributed by atoms with Crippen molar-refractivity contribution in [2.75, 3.05) is 7.11 Å². The molecule has 25 heavy (non-hydrogen) atoms. The molecule has 7 nitrogen and oxygen atoms in total. The van der Waals surface area contributed by atoms with Crippen molar-refractivity contribution < 1.29 is 9.53 Å². The minimum atomic E-state index is -0.519. The lowest BCUT2D eigenvalue weighted by molar-refractivity contribution is 0.0602. The van der Waals surface area contributed by atoms with Gasteiger partial charge in [-0.3, -0.25) is 9.36 Å². The van der Waals surface area contributed by atoms with Crippen LogP contribution < -0.4 is 5.56 Å². The summed E-state index contributed by atoms with van der Waals surface area (Å²) in [6, 6.07) is 9.45. The number of aryl methyl sites for hydroxylation is 1. The molecule has 0 aliphatic carbocycles. The first kappa shape index (κ1) is 15.1. The van der Waals surface area contributed by atoms with Crippen molar-refractivity contribution >= 4 is 22.5 Å². The van der Waals surface area contributed by atoms with Gasteiger partial charge >= 0.3 is 5.97 Å². The molecule has 0 aliphatic heterocycles. The van der Waals surface area contributed by atoms with Gasteiger partial charge in [0.2, 0.25) is 0 Å². The molecule has 4 aromatic rings. The van der Waals surface area contributed by atoms with Crippen LogP contribution >= 0.6 is 0 Å². The van der Waals surface area contributed by atoms with E-state index in [1.165, 1.54) is 24.0 Å². The van der Waals surface area contributed by atoms with Crippen LogP contribution in [0, 0.1) is 6.92 Å². The van der Waals surface area contributed by atoms with Crippen molar-refractivity contribution in [3.05, 3.63) is 70.4 Å². The van der Waals surface area contributed by atoms with Crippen LogP contribution in [0.3, 0.4) is 0 Å². The van der Waals surface area contributed by atoms with Gasteiger partial charge in [0.1, 0.15) is 5.56 Å². The lowest BCUT2D eigenvalue weighted by Crippen LogP contribution is -2.18. The topological polar surface area (TPSA) is 78.5 Å². The number of pyridine rings is 1. The van der Waals surface area contributed by atoms with Crippen molar-refractivity contribution in [3.8, 4) is 5.69 Å². The first-order valence-corrected chi connectivity index (χ1v) is 7.63. The monoisotopic (exact) mass is 334 g/mol. The van der Waals surface area contributed by atoms with Gasteiger partial charge in [-0.1, -0.05) is 17.7 Å². The highest BCUT2D eigenvalue weighted by Gasteiger charge is 2.17. The van der Waals surface area contributed by atoms with Crippen molar-refractivity contribution in [2.24, 2.45) is 0 Å². The van der Waals surface area contributed by atoms with Gasteiger partial charge < -0.3 is 4.74 Å². The summed E-state index contributed by atoms with van der Waals surface area (Å²) in [6.07, 6.45) is 4.54. The summed E-state index contributed by atoms with van der Waals surface area (Å²) in [4.78, 5) is 28.9. The molecule has 124 valence electrons. The Morgan fingerprint density at radius 2 is 1.88 bits per heavy atom. The Morgan fingerprint density at radius 3 is 2.60 bits per heavy atom. The fourth-order valence-corrected chi connectivity index (χ4v) is 2.78. The Bertz CT molecular complexity index is 1170. The third kappa shape index (κ3) is 2.28. The van der Waals surface area contributed by atoms with Gasteiger partial charge in [-0.05, 0) is 25.1 Å². The number of hydrogen-bond acceptors (Lipinski definition) is 5. The number of ether oxygens (including phenoxy) is 1. The molecule has 0 atom stereocenters. The summed E-state index contributed by atoms with van der Waals surface area (Å²) in [5.74, 6) is -0.519. The van der Waals surface area contributed by atoms with Crippen LogP contribution in [0.25, 0.3) is 22.2 Å². The molecule has 0 fully saturated rings. The third-order valence-electron chi connectivity index (χ3n) is 4.11. The van der Waals surface area contributed by atoms with Gasteiger partial charge in [0, 0.05) is 18.1 Å². The average Bonchev–Trinajstić information content (AvgIpc) is 3.07. The Balaban J connectivity index is 1.97. The van der Waals surface area contributed by atoms with E-state index in [-0.39, 0.29) is 11.1 Å². The zero-order valence-electron chi connectivity index (χ0n) is 13.6. The van der Waals surface area contributed by atoms with Crippen LogP contribution in [0.1, 0.15) is 15.9 Å². The zero-order chi connectivity index (χ0) is 17.6. The molecule has 0 radical (unpaired) electrons. The molecule has 0 unspecified atom stereocenters. The summed E-state index contributed by atoms with van der Waals surface area (Å²) in [7, 11) is 1.30. The van der Waals surface area contributed by atoms with Gasteiger partial charge in [-0.25, -0.2) is 14.3 Å². The number of hydrogen-bond donors (Lipinski definition) is 0. The van der Waals surface area contributed by atoms with Gasteiger partial charge in [-0.2, -0.15) is 5.10 Å². The highest BCUT2D eigenvalue weighted by Crippen LogP contribution is 2.16. The van der Waals surface area contributed by atoms with Gasteiger partial charge in [0.15, 0.2) is 5.65 Å². The highest BCUT2D eigenvalue weighted by atomic mass is 16.5. The summed E-state index contributed by atoms with van der Waals surface area (Å²) in [5.41, 5.74) is 2.87. The smallest absolute Gasteiger partial charge is 0.343 e. The van der Waals surface area contributed by atoms with Crippen LogP contribution in [0.4, 0.5) is 0 Å². The summed E-state index contributed by atoms with van der Waals surface area (Å²) < 4.78 is 7.76. The van der Waals surface area contributed by atoms with E-state index in [4.69, 9.17) is 4.74 Å². The zero-order valence-corrected chi connectivity index (χ0v) is 13.6. The molecule has 0 N–H and O–H groups in total. The quantitative estimate of drug-likeness (QED) is 0.525. The van der Waals surface area contributed by atoms with Crippen LogP contribution in [0.5, 0.6) is 0 Å². The predicted octanol–water partition coefficient (Wildman–Crippen LogP) is 2.13. The molecule has 3 heterocycles. The molecular formula is C18H14N4O3. The normalized spacial score (nSPS) is 11.1. The van der Waals surface area contributed by atoms with Crippen LogP contribution in [-0.4, -0.2) is 32.2 Å². The number of nitrogens with zero attached hydrogens (tertiary/aromatic N) is 4. The molecule has 3 aromatic heterocycles. The lowest BCUT2D eigenvalue weighted by atomic mass is 10.2. The Labute approximate surface area is 142 Å². The number of carbonyl (C=O) groups is 1. The molecule has 1 aromatic carbocycles. The minimum Gasteiger partial charge on any atom is -0.465 e. The predicted molar refractivity (Wildman–Crippen MR) is 92.2 cm³/mol. The van der Waals surface area contributed by atoms with Crippen LogP contribution in [0.2, 0.25) is 0 Å². The van der Waals surface area contributed by atoms with E-state index in [2.05, 4.69) is 10.1 Å².